The average molecular weight is 295 g/mol. The van der Waals surface area contributed by atoms with Gasteiger partial charge in [0.2, 0.25) is 0 Å². The van der Waals surface area contributed by atoms with Crippen LogP contribution in [0.4, 0.5) is 14.9 Å². The fraction of sp³-hybridized carbons (Fsp3) is 0.600. The van der Waals surface area contributed by atoms with Crippen LogP contribution in [0.2, 0.25) is 0 Å². The Labute approximate surface area is 124 Å². The van der Waals surface area contributed by atoms with Gasteiger partial charge in [-0.25, -0.2) is 9.18 Å². The number of nitrogens with one attached hydrogen (secondary N) is 1. The van der Waals surface area contributed by atoms with Gasteiger partial charge < -0.3 is 15.0 Å². The van der Waals surface area contributed by atoms with Gasteiger partial charge in [0, 0.05) is 25.3 Å². The molecule has 1 N–H and O–H groups in total. The standard InChI is InChI=1S/C15H22FN3O2/c1-2-3-10-21-15(20)19-8-5-12(6-9-19)18-14-4-7-17-11-13(14)16/h4,7,11-12H,2-3,5-6,8-10H2,1H3,(H,17,18). The maximum absolute atomic E-state index is 13.5. The molecule has 0 unspecified atom stereocenters. The molecule has 0 saturated carbocycles. The molecule has 1 fully saturated rings. The number of likely N-dealkylation sites (tertiary alicyclic amines) is 1. The predicted molar refractivity (Wildman–Crippen MR) is 78.7 cm³/mol. The second-order valence-corrected chi connectivity index (χ2v) is 5.23. The number of carbonyl (C=O) groups is 1. The number of carbonyl (C=O) groups excluding carboxylic acids is 1. The molecule has 2 rings (SSSR count). The fourth-order valence-electron chi connectivity index (χ4n) is 2.31. The molecule has 0 atom stereocenters. The minimum atomic E-state index is -0.348. The van der Waals surface area contributed by atoms with Gasteiger partial charge in [-0.05, 0) is 25.3 Å². The van der Waals surface area contributed by atoms with Crippen LogP contribution < -0.4 is 5.32 Å². The van der Waals surface area contributed by atoms with Crippen LogP contribution in [0.15, 0.2) is 18.5 Å². The van der Waals surface area contributed by atoms with Crippen molar-refractivity contribution in [3.8, 4) is 0 Å². The van der Waals surface area contributed by atoms with Crippen molar-refractivity contribution >= 4 is 11.8 Å². The monoisotopic (exact) mass is 295 g/mol. The molecule has 1 amide bonds. The fourth-order valence-corrected chi connectivity index (χ4v) is 2.31. The van der Waals surface area contributed by atoms with Crippen molar-refractivity contribution in [3.05, 3.63) is 24.3 Å². The predicted octanol–water partition coefficient (Wildman–Crippen LogP) is 3.03. The summed E-state index contributed by atoms with van der Waals surface area (Å²) in [7, 11) is 0. The van der Waals surface area contributed by atoms with E-state index in [0.29, 0.717) is 25.4 Å². The van der Waals surface area contributed by atoms with E-state index in [9.17, 15) is 9.18 Å². The molecule has 1 aliphatic rings. The summed E-state index contributed by atoms with van der Waals surface area (Å²) in [6.07, 6.45) is 5.99. The van der Waals surface area contributed by atoms with Gasteiger partial charge in [-0.15, -0.1) is 0 Å². The van der Waals surface area contributed by atoms with Gasteiger partial charge in [0.05, 0.1) is 18.5 Å². The molecule has 21 heavy (non-hydrogen) atoms. The van der Waals surface area contributed by atoms with Crippen molar-refractivity contribution in [2.75, 3.05) is 25.0 Å². The number of nitrogens with zero attached hydrogens (tertiary/aromatic N) is 2. The zero-order valence-electron chi connectivity index (χ0n) is 12.3. The number of pyridine rings is 1. The zero-order chi connectivity index (χ0) is 15.1. The summed E-state index contributed by atoms with van der Waals surface area (Å²) in [5.74, 6) is -0.348. The third-order valence-corrected chi connectivity index (χ3v) is 3.61. The van der Waals surface area contributed by atoms with Gasteiger partial charge in [0.15, 0.2) is 5.82 Å². The number of unbranched alkanes of at least 4 members (excludes halogenated alkanes) is 1. The summed E-state index contributed by atoms with van der Waals surface area (Å²) in [5, 5.41) is 3.17. The Morgan fingerprint density at radius 2 is 2.29 bits per heavy atom. The maximum atomic E-state index is 13.5. The molecule has 1 saturated heterocycles. The van der Waals surface area contributed by atoms with Crippen LogP contribution in [-0.2, 0) is 4.74 Å². The molecule has 0 bridgehead atoms. The lowest BCUT2D eigenvalue weighted by Crippen LogP contribution is -2.42. The van der Waals surface area contributed by atoms with E-state index in [0.717, 1.165) is 25.7 Å². The summed E-state index contributed by atoms with van der Waals surface area (Å²) in [4.78, 5) is 17.3. The Morgan fingerprint density at radius 1 is 1.52 bits per heavy atom. The molecule has 1 aliphatic heterocycles. The summed E-state index contributed by atoms with van der Waals surface area (Å²) in [6.45, 7) is 3.81. The van der Waals surface area contributed by atoms with Gasteiger partial charge in [-0.2, -0.15) is 0 Å². The second-order valence-electron chi connectivity index (χ2n) is 5.23. The molecule has 0 aromatic carbocycles. The van der Waals surface area contributed by atoms with Crippen LogP contribution >= 0.6 is 0 Å². The normalized spacial score (nSPS) is 15.8. The van der Waals surface area contributed by atoms with E-state index in [2.05, 4.69) is 17.2 Å². The van der Waals surface area contributed by atoms with Crippen molar-refractivity contribution in [3.63, 3.8) is 0 Å². The van der Waals surface area contributed by atoms with E-state index < -0.39 is 0 Å². The number of rotatable bonds is 5. The van der Waals surface area contributed by atoms with Crippen LogP contribution in [0.25, 0.3) is 0 Å². The zero-order valence-corrected chi connectivity index (χ0v) is 12.3. The van der Waals surface area contributed by atoms with Crippen molar-refractivity contribution in [2.24, 2.45) is 0 Å². The molecular formula is C15H22FN3O2. The van der Waals surface area contributed by atoms with E-state index >= 15 is 0 Å². The molecular weight excluding hydrogens is 273 g/mol. The topological polar surface area (TPSA) is 54.5 Å². The Hall–Kier alpha value is -1.85. The first-order valence-electron chi connectivity index (χ1n) is 7.48. The third-order valence-electron chi connectivity index (χ3n) is 3.61. The molecule has 1 aromatic heterocycles. The highest BCUT2D eigenvalue weighted by Crippen LogP contribution is 2.18. The first-order chi connectivity index (χ1) is 10.2. The number of hydrogen-bond donors (Lipinski definition) is 1. The van der Waals surface area contributed by atoms with E-state index in [1.165, 1.54) is 6.20 Å². The van der Waals surface area contributed by atoms with Crippen LogP contribution in [0.5, 0.6) is 0 Å². The number of anilines is 1. The molecule has 0 radical (unpaired) electrons. The second kappa shape index (κ2) is 7.81. The lowest BCUT2D eigenvalue weighted by Gasteiger charge is -2.32. The number of hydrogen-bond acceptors (Lipinski definition) is 4. The summed E-state index contributed by atoms with van der Waals surface area (Å²) >= 11 is 0. The minimum Gasteiger partial charge on any atom is -0.449 e. The Balaban J connectivity index is 1.75. The van der Waals surface area contributed by atoms with Crippen molar-refractivity contribution < 1.29 is 13.9 Å². The molecule has 5 nitrogen and oxygen atoms in total. The Bertz CT molecular complexity index is 462. The van der Waals surface area contributed by atoms with E-state index in [1.54, 1.807) is 17.2 Å². The average Bonchev–Trinajstić information content (AvgIpc) is 2.50. The Morgan fingerprint density at radius 3 is 2.95 bits per heavy atom. The summed E-state index contributed by atoms with van der Waals surface area (Å²) in [6, 6.07) is 1.79. The first kappa shape index (κ1) is 15.5. The first-order valence-corrected chi connectivity index (χ1v) is 7.48. The SMILES string of the molecule is CCCCOC(=O)N1CCC(Nc2ccncc2F)CC1. The molecule has 0 aliphatic carbocycles. The quantitative estimate of drug-likeness (QED) is 0.848. The van der Waals surface area contributed by atoms with E-state index in [1.807, 2.05) is 0 Å². The molecule has 116 valence electrons. The van der Waals surface area contributed by atoms with Gasteiger partial charge in [-0.3, -0.25) is 4.98 Å². The van der Waals surface area contributed by atoms with Crippen LogP contribution in [0.3, 0.4) is 0 Å². The highest BCUT2D eigenvalue weighted by molar-refractivity contribution is 5.67. The number of aromatic nitrogens is 1. The van der Waals surface area contributed by atoms with E-state index in [-0.39, 0.29) is 18.0 Å². The smallest absolute Gasteiger partial charge is 0.409 e. The van der Waals surface area contributed by atoms with Crippen LogP contribution in [0, 0.1) is 5.82 Å². The highest BCUT2D eigenvalue weighted by Gasteiger charge is 2.24. The summed E-state index contributed by atoms with van der Waals surface area (Å²) < 4.78 is 18.7. The van der Waals surface area contributed by atoms with Crippen LogP contribution in [-0.4, -0.2) is 41.7 Å². The number of amides is 1. The minimum absolute atomic E-state index is 0.168. The highest BCUT2D eigenvalue weighted by atomic mass is 19.1. The van der Waals surface area contributed by atoms with Crippen molar-refractivity contribution in [1.29, 1.82) is 0 Å². The number of halogens is 1. The van der Waals surface area contributed by atoms with Crippen molar-refractivity contribution in [1.82, 2.24) is 9.88 Å². The van der Waals surface area contributed by atoms with E-state index in [4.69, 9.17) is 4.74 Å². The maximum Gasteiger partial charge on any atom is 0.409 e. The van der Waals surface area contributed by atoms with Crippen molar-refractivity contribution in [2.45, 2.75) is 38.6 Å². The van der Waals surface area contributed by atoms with Gasteiger partial charge in [0.1, 0.15) is 0 Å². The molecule has 0 spiro atoms. The van der Waals surface area contributed by atoms with Gasteiger partial charge in [0.25, 0.3) is 0 Å². The number of piperidine rings is 1. The largest absolute Gasteiger partial charge is 0.449 e. The molecule has 1 aromatic rings. The Kier molecular flexibility index (Phi) is 5.78. The number of ether oxygens (including phenoxy) is 1. The van der Waals surface area contributed by atoms with Crippen LogP contribution in [0.1, 0.15) is 32.6 Å². The molecule has 2 heterocycles. The lowest BCUT2D eigenvalue weighted by molar-refractivity contribution is 0.0927. The van der Waals surface area contributed by atoms with Gasteiger partial charge >= 0.3 is 6.09 Å². The van der Waals surface area contributed by atoms with Gasteiger partial charge in [-0.1, -0.05) is 13.3 Å². The lowest BCUT2D eigenvalue weighted by atomic mass is 10.1. The summed E-state index contributed by atoms with van der Waals surface area (Å²) in [5.41, 5.74) is 0.467. The molecule has 6 heteroatoms. The third kappa shape index (κ3) is 4.58.